The molecule has 0 saturated carbocycles. The zero-order valence-corrected chi connectivity index (χ0v) is 15.6. The first-order chi connectivity index (χ1) is 13.4. The summed E-state index contributed by atoms with van der Waals surface area (Å²) in [5.74, 6) is -0.672. The van der Waals surface area contributed by atoms with Gasteiger partial charge in [0.1, 0.15) is 6.04 Å². The van der Waals surface area contributed by atoms with E-state index < -0.39 is 17.9 Å². The number of amides is 2. The van der Waals surface area contributed by atoms with Crippen LogP contribution in [0.4, 0.5) is 5.69 Å². The van der Waals surface area contributed by atoms with Crippen molar-refractivity contribution in [2.75, 3.05) is 38.9 Å². The highest BCUT2D eigenvalue weighted by Crippen LogP contribution is 2.37. The van der Waals surface area contributed by atoms with Crippen molar-refractivity contribution in [1.82, 2.24) is 10.2 Å². The van der Waals surface area contributed by atoms with Gasteiger partial charge in [-0.15, -0.1) is 0 Å². The second kappa shape index (κ2) is 8.26. The smallest absolute Gasteiger partial charge is 0.307 e. The average Bonchev–Trinajstić information content (AvgIpc) is 3.10. The first-order valence-electron chi connectivity index (χ1n) is 8.72. The molecule has 0 spiro atoms. The number of methoxy groups -OCH3 is 1. The van der Waals surface area contributed by atoms with Crippen molar-refractivity contribution in [3.63, 3.8) is 0 Å². The van der Waals surface area contributed by atoms with Crippen molar-refractivity contribution in [2.24, 2.45) is 0 Å². The average molecular weight is 391 g/mol. The van der Waals surface area contributed by atoms with Gasteiger partial charge in [-0.3, -0.25) is 24.1 Å². The van der Waals surface area contributed by atoms with E-state index in [1.807, 2.05) is 0 Å². The van der Waals surface area contributed by atoms with Crippen LogP contribution in [0.5, 0.6) is 11.5 Å². The maximum atomic E-state index is 12.6. The van der Waals surface area contributed by atoms with E-state index in [-0.39, 0.29) is 31.4 Å². The number of piperazine rings is 1. The van der Waals surface area contributed by atoms with Crippen LogP contribution in [0.15, 0.2) is 12.1 Å². The zero-order valence-electron chi connectivity index (χ0n) is 15.6. The number of hydrogen-bond acceptors (Lipinski definition) is 8. The zero-order chi connectivity index (χ0) is 20.3. The highest BCUT2D eigenvalue weighted by molar-refractivity contribution is 6.05. The number of carbonyl (C=O) groups is 4. The lowest BCUT2D eigenvalue weighted by Crippen LogP contribution is -2.57. The van der Waals surface area contributed by atoms with Crippen LogP contribution < -0.4 is 20.1 Å². The fourth-order valence-corrected chi connectivity index (χ4v) is 3.13. The molecule has 28 heavy (non-hydrogen) atoms. The number of esters is 1. The van der Waals surface area contributed by atoms with Gasteiger partial charge in [0.25, 0.3) is 0 Å². The summed E-state index contributed by atoms with van der Waals surface area (Å²) in [4.78, 5) is 49.8. The number of nitrogens with zero attached hydrogens (tertiary/aromatic N) is 1. The van der Waals surface area contributed by atoms with E-state index >= 15 is 0 Å². The Balaban J connectivity index is 1.73. The quantitative estimate of drug-likeness (QED) is 0.510. The number of fused-ring (bicyclic) bond motifs is 1. The standard InChI is InChI=1S/C18H21N3O7/c1-10(22)11-5-14-15(28-9-27-14)6-12(11)20-16(23)8-21-4-3-19-18(25)13(21)7-17(24)26-2/h5-6,13H,3-4,7-9H2,1-2H3,(H,19,25)(H,20,23)/t13-/m1/s1. The molecule has 2 heterocycles. The van der Waals surface area contributed by atoms with Crippen molar-refractivity contribution >= 4 is 29.3 Å². The minimum Gasteiger partial charge on any atom is -0.469 e. The minimum absolute atomic E-state index is 0.0438. The Hall–Kier alpha value is -3.14. The Morgan fingerprint density at radius 2 is 2.00 bits per heavy atom. The van der Waals surface area contributed by atoms with E-state index in [0.717, 1.165) is 0 Å². The number of benzene rings is 1. The molecule has 1 fully saturated rings. The summed E-state index contributed by atoms with van der Waals surface area (Å²) < 4.78 is 15.2. The molecule has 2 N–H and O–H groups in total. The summed E-state index contributed by atoms with van der Waals surface area (Å²) in [6, 6.07) is 2.26. The van der Waals surface area contributed by atoms with E-state index in [0.29, 0.717) is 35.8 Å². The lowest BCUT2D eigenvalue weighted by molar-refractivity contribution is -0.146. The van der Waals surface area contributed by atoms with Gasteiger partial charge in [0.05, 0.1) is 25.8 Å². The van der Waals surface area contributed by atoms with Gasteiger partial charge in [0.15, 0.2) is 17.3 Å². The second-order valence-electron chi connectivity index (χ2n) is 6.41. The Morgan fingerprint density at radius 1 is 1.29 bits per heavy atom. The van der Waals surface area contributed by atoms with Crippen LogP contribution in [0, 0.1) is 0 Å². The van der Waals surface area contributed by atoms with Gasteiger partial charge < -0.3 is 24.8 Å². The van der Waals surface area contributed by atoms with Gasteiger partial charge in [-0.25, -0.2) is 0 Å². The van der Waals surface area contributed by atoms with Gasteiger partial charge in [-0.1, -0.05) is 0 Å². The topological polar surface area (TPSA) is 123 Å². The van der Waals surface area contributed by atoms with Gasteiger partial charge in [-0.2, -0.15) is 0 Å². The molecule has 3 rings (SSSR count). The lowest BCUT2D eigenvalue weighted by Gasteiger charge is -2.33. The normalized spacial score (nSPS) is 18.4. The summed E-state index contributed by atoms with van der Waals surface area (Å²) in [5, 5.41) is 5.36. The molecule has 2 amide bonds. The molecular formula is C18H21N3O7. The second-order valence-corrected chi connectivity index (χ2v) is 6.41. The van der Waals surface area contributed by atoms with Gasteiger partial charge >= 0.3 is 5.97 Å². The van der Waals surface area contributed by atoms with E-state index in [1.54, 1.807) is 4.90 Å². The number of nitrogens with one attached hydrogen (secondary N) is 2. The molecule has 1 atom stereocenters. The fraction of sp³-hybridized carbons (Fsp3) is 0.444. The van der Waals surface area contributed by atoms with Gasteiger partial charge in [0, 0.05) is 24.7 Å². The summed E-state index contributed by atoms with van der Waals surface area (Å²) >= 11 is 0. The first kappa shape index (κ1) is 19.6. The monoisotopic (exact) mass is 391 g/mol. The summed E-state index contributed by atoms with van der Waals surface area (Å²) in [6.07, 6.45) is -0.154. The van der Waals surface area contributed by atoms with E-state index in [2.05, 4.69) is 15.4 Å². The lowest BCUT2D eigenvalue weighted by atomic mass is 10.1. The SMILES string of the molecule is COC(=O)C[C@@H]1C(=O)NCCN1CC(=O)Nc1cc2c(cc1C(C)=O)OCO2. The molecule has 0 radical (unpaired) electrons. The third kappa shape index (κ3) is 4.22. The fourth-order valence-electron chi connectivity index (χ4n) is 3.13. The molecule has 0 bridgehead atoms. The molecule has 150 valence electrons. The van der Waals surface area contributed by atoms with Crippen LogP contribution in [0.2, 0.25) is 0 Å². The number of rotatable bonds is 6. The van der Waals surface area contributed by atoms with Crippen LogP contribution in [-0.2, 0) is 19.1 Å². The van der Waals surface area contributed by atoms with Crippen LogP contribution in [-0.4, -0.2) is 68.0 Å². The third-order valence-corrected chi connectivity index (χ3v) is 4.54. The van der Waals surface area contributed by atoms with E-state index in [1.165, 1.54) is 26.2 Å². The van der Waals surface area contributed by atoms with Gasteiger partial charge in [-0.05, 0) is 13.0 Å². The summed E-state index contributed by atoms with van der Waals surface area (Å²) in [7, 11) is 1.24. The maximum absolute atomic E-state index is 12.6. The van der Waals surface area contributed by atoms with Crippen molar-refractivity contribution in [1.29, 1.82) is 0 Å². The largest absolute Gasteiger partial charge is 0.469 e. The number of Topliss-reactive ketones (excluding diaryl/α,β-unsaturated/α-hetero) is 1. The molecule has 1 aromatic carbocycles. The van der Waals surface area contributed by atoms with Gasteiger partial charge in [0.2, 0.25) is 18.6 Å². The number of hydrogen-bond donors (Lipinski definition) is 2. The molecule has 2 aliphatic heterocycles. The molecule has 0 aromatic heterocycles. The minimum atomic E-state index is -0.795. The molecule has 10 heteroatoms. The highest BCUT2D eigenvalue weighted by Gasteiger charge is 2.33. The van der Waals surface area contributed by atoms with Crippen LogP contribution in [0.3, 0.4) is 0 Å². The maximum Gasteiger partial charge on any atom is 0.307 e. The van der Waals surface area contributed by atoms with Crippen LogP contribution in [0.1, 0.15) is 23.7 Å². The van der Waals surface area contributed by atoms with Crippen molar-refractivity contribution in [3.05, 3.63) is 17.7 Å². The number of ether oxygens (including phenoxy) is 3. The van der Waals surface area contributed by atoms with Crippen LogP contribution in [0.25, 0.3) is 0 Å². The summed E-state index contributed by atoms with van der Waals surface area (Å²) in [6.45, 7) is 2.08. The van der Waals surface area contributed by atoms with Crippen LogP contribution >= 0.6 is 0 Å². The van der Waals surface area contributed by atoms with Crippen molar-refractivity contribution in [3.8, 4) is 11.5 Å². The van der Waals surface area contributed by atoms with E-state index in [4.69, 9.17) is 9.47 Å². The number of anilines is 1. The van der Waals surface area contributed by atoms with Crippen molar-refractivity contribution < 1.29 is 33.4 Å². The number of carbonyl (C=O) groups excluding carboxylic acids is 4. The molecule has 2 aliphatic rings. The number of ketones is 1. The molecule has 0 aliphatic carbocycles. The Kier molecular flexibility index (Phi) is 5.78. The molecule has 10 nitrogen and oxygen atoms in total. The molecule has 1 saturated heterocycles. The predicted molar refractivity (Wildman–Crippen MR) is 96.2 cm³/mol. The third-order valence-electron chi connectivity index (χ3n) is 4.54. The van der Waals surface area contributed by atoms with Crippen molar-refractivity contribution in [2.45, 2.75) is 19.4 Å². The molecular weight excluding hydrogens is 370 g/mol. The molecule has 1 aromatic rings. The Labute approximate surface area is 161 Å². The highest BCUT2D eigenvalue weighted by atomic mass is 16.7. The van der Waals surface area contributed by atoms with E-state index in [9.17, 15) is 19.2 Å². The first-order valence-corrected chi connectivity index (χ1v) is 8.72. The molecule has 0 unspecified atom stereocenters. The summed E-state index contributed by atoms with van der Waals surface area (Å²) in [5.41, 5.74) is 0.591. The Morgan fingerprint density at radius 3 is 2.68 bits per heavy atom. The Bertz CT molecular complexity index is 824. The predicted octanol–water partition coefficient (Wildman–Crippen LogP) is -0.0801.